The minimum absolute atomic E-state index is 0.0637. The van der Waals surface area contributed by atoms with E-state index in [1.54, 1.807) is 0 Å². The molecule has 0 aliphatic carbocycles. The highest BCUT2D eigenvalue weighted by Crippen LogP contribution is 2.18. The van der Waals surface area contributed by atoms with Gasteiger partial charge in [0.1, 0.15) is 6.10 Å². The van der Waals surface area contributed by atoms with Crippen LogP contribution in [0.4, 0.5) is 4.79 Å². The third kappa shape index (κ3) is 2.88. The molecular weight excluding hydrogens is 170 g/mol. The number of amides is 1. The number of carbonyl (C=O) groups excluding carboxylic acids is 1. The number of carbonyl (C=O) groups is 1. The summed E-state index contributed by atoms with van der Waals surface area (Å²) in [5, 5.41) is 11.5. The highest BCUT2D eigenvalue weighted by molar-refractivity contribution is 5.70. The molecule has 1 heterocycles. The van der Waals surface area contributed by atoms with Crippen LogP contribution in [0.15, 0.2) is 0 Å². The van der Waals surface area contributed by atoms with E-state index in [1.807, 2.05) is 0 Å². The van der Waals surface area contributed by atoms with Crippen molar-refractivity contribution in [3.05, 3.63) is 0 Å². The first-order valence-corrected chi connectivity index (χ1v) is 4.71. The zero-order valence-corrected chi connectivity index (χ0v) is 8.12. The standard InChI is InChI=1S/C9H17NO3/c1-6(2)5-7-8(3-4-11)13-9(12)10-7/h6-8,11H,3-5H2,1-2H3,(H,10,12). The molecule has 0 aromatic heterocycles. The van der Waals surface area contributed by atoms with E-state index < -0.39 is 0 Å². The van der Waals surface area contributed by atoms with Gasteiger partial charge in [-0.3, -0.25) is 0 Å². The van der Waals surface area contributed by atoms with Crippen molar-refractivity contribution < 1.29 is 14.6 Å². The number of nitrogens with one attached hydrogen (secondary N) is 1. The van der Waals surface area contributed by atoms with Crippen molar-refractivity contribution in [2.45, 2.75) is 38.8 Å². The van der Waals surface area contributed by atoms with Gasteiger partial charge in [0.05, 0.1) is 6.04 Å². The van der Waals surface area contributed by atoms with E-state index >= 15 is 0 Å². The first-order chi connectivity index (χ1) is 6.13. The maximum absolute atomic E-state index is 10.9. The van der Waals surface area contributed by atoms with Gasteiger partial charge in [-0.15, -0.1) is 0 Å². The van der Waals surface area contributed by atoms with Crippen LogP contribution in [0.1, 0.15) is 26.7 Å². The molecule has 1 aliphatic rings. The molecule has 2 N–H and O–H groups in total. The Labute approximate surface area is 78.3 Å². The molecule has 2 unspecified atom stereocenters. The zero-order chi connectivity index (χ0) is 9.84. The van der Waals surface area contributed by atoms with E-state index in [-0.39, 0.29) is 24.8 Å². The summed E-state index contributed by atoms with van der Waals surface area (Å²) in [6, 6.07) is 0.0691. The smallest absolute Gasteiger partial charge is 0.407 e. The van der Waals surface area contributed by atoms with Gasteiger partial charge in [0, 0.05) is 13.0 Å². The molecule has 1 saturated heterocycles. The summed E-state index contributed by atoms with van der Waals surface area (Å²) in [6.07, 6.45) is 0.913. The van der Waals surface area contributed by atoms with Gasteiger partial charge < -0.3 is 15.2 Å². The van der Waals surface area contributed by atoms with Crippen molar-refractivity contribution in [3.63, 3.8) is 0 Å². The maximum atomic E-state index is 10.9. The molecule has 0 radical (unpaired) electrons. The van der Waals surface area contributed by atoms with Crippen LogP contribution in [-0.2, 0) is 4.74 Å². The van der Waals surface area contributed by atoms with Gasteiger partial charge >= 0.3 is 6.09 Å². The van der Waals surface area contributed by atoms with Crippen LogP contribution in [0, 0.1) is 5.92 Å². The van der Waals surface area contributed by atoms with E-state index in [4.69, 9.17) is 9.84 Å². The Morgan fingerprint density at radius 3 is 2.85 bits per heavy atom. The van der Waals surface area contributed by atoms with Gasteiger partial charge in [-0.1, -0.05) is 13.8 Å². The number of cyclic esters (lactones) is 1. The monoisotopic (exact) mass is 187 g/mol. The molecule has 4 nitrogen and oxygen atoms in total. The van der Waals surface area contributed by atoms with Crippen molar-refractivity contribution in [2.75, 3.05) is 6.61 Å². The Morgan fingerprint density at radius 2 is 2.31 bits per heavy atom. The fourth-order valence-corrected chi connectivity index (χ4v) is 1.60. The normalized spacial score (nSPS) is 27.5. The topological polar surface area (TPSA) is 58.6 Å². The lowest BCUT2D eigenvalue weighted by Gasteiger charge is -2.17. The van der Waals surface area contributed by atoms with Crippen molar-refractivity contribution in [1.82, 2.24) is 5.32 Å². The quantitative estimate of drug-likeness (QED) is 0.687. The Balaban J connectivity index is 2.45. The number of aliphatic hydroxyl groups is 1. The first kappa shape index (κ1) is 10.3. The lowest BCUT2D eigenvalue weighted by Crippen LogP contribution is -2.33. The van der Waals surface area contributed by atoms with Gasteiger partial charge in [-0.2, -0.15) is 0 Å². The van der Waals surface area contributed by atoms with Gasteiger partial charge in [0.15, 0.2) is 0 Å². The van der Waals surface area contributed by atoms with Crippen molar-refractivity contribution in [2.24, 2.45) is 5.92 Å². The molecule has 76 valence electrons. The number of alkyl carbamates (subject to hydrolysis) is 1. The summed E-state index contributed by atoms with van der Waals surface area (Å²) in [5.41, 5.74) is 0. The first-order valence-electron chi connectivity index (χ1n) is 4.71. The SMILES string of the molecule is CC(C)CC1NC(=O)OC1CCO. The molecule has 0 aromatic rings. The molecule has 0 spiro atoms. The number of aliphatic hydroxyl groups excluding tert-OH is 1. The van der Waals surface area contributed by atoms with Crippen molar-refractivity contribution >= 4 is 6.09 Å². The molecule has 0 aromatic carbocycles. The van der Waals surface area contributed by atoms with Crippen LogP contribution in [-0.4, -0.2) is 30.0 Å². The second-order valence-electron chi connectivity index (χ2n) is 3.84. The predicted molar refractivity (Wildman–Crippen MR) is 48.4 cm³/mol. The molecule has 13 heavy (non-hydrogen) atoms. The van der Waals surface area contributed by atoms with E-state index in [9.17, 15) is 4.79 Å². The maximum Gasteiger partial charge on any atom is 0.407 e. The number of hydrogen-bond acceptors (Lipinski definition) is 3. The third-order valence-electron chi connectivity index (χ3n) is 2.15. The molecular formula is C9H17NO3. The van der Waals surface area contributed by atoms with E-state index in [2.05, 4.69) is 19.2 Å². The van der Waals surface area contributed by atoms with Gasteiger partial charge in [0.2, 0.25) is 0 Å². The minimum atomic E-state index is -0.357. The van der Waals surface area contributed by atoms with Crippen LogP contribution in [0.5, 0.6) is 0 Å². The van der Waals surface area contributed by atoms with E-state index in [0.29, 0.717) is 12.3 Å². The second-order valence-corrected chi connectivity index (χ2v) is 3.84. The second kappa shape index (κ2) is 4.46. The average Bonchev–Trinajstić information content (AvgIpc) is 2.31. The Morgan fingerprint density at radius 1 is 1.62 bits per heavy atom. The molecule has 0 saturated carbocycles. The molecule has 1 fully saturated rings. The van der Waals surface area contributed by atoms with Crippen LogP contribution < -0.4 is 5.32 Å². The summed E-state index contributed by atoms with van der Waals surface area (Å²) < 4.78 is 5.01. The van der Waals surface area contributed by atoms with Crippen LogP contribution in [0.3, 0.4) is 0 Å². The summed E-state index contributed by atoms with van der Waals surface area (Å²) >= 11 is 0. The largest absolute Gasteiger partial charge is 0.444 e. The predicted octanol–water partition coefficient (Wildman–Crippen LogP) is 0.892. The van der Waals surface area contributed by atoms with Gasteiger partial charge in [0.25, 0.3) is 0 Å². The molecule has 2 atom stereocenters. The molecule has 1 rings (SSSR count). The number of hydrogen-bond donors (Lipinski definition) is 2. The summed E-state index contributed by atoms with van der Waals surface area (Å²) in [5.74, 6) is 0.521. The molecule has 1 aliphatic heterocycles. The number of rotatable bonds is 4. The Kier molecular flexibility index (Phi) is 3.54. The summed E-state index contributed by atoms with van der Waals surface area (Å²) in [7, 11) is 0. The average molecular weight is 187 g/mol. The fourth-order valence-electron chi connectivity index (χ4n) is 1.60. The number of ether oxygens (including phenoxy) is 1. The minimum Gasteiger partial charge on any atom is -0.444 e. The van der Waals surface area contributed by atoms with Crippen molar-refractivity contribution in [3.8, 4) is 0 Å². The van der Waals surface area contributed by atoms with Crippen LogP contribution in [0.25, 0.3) is 0 Å². The highest BCUT2D eigenvalue weighted by atomic mass is 16.6. The zero-order valence-electron chi connectivity index (χ0n) is 8.12. The Bertz CT molecular complexity index is 182. The molecule has 0 bridgehead atoms. The summed E-state index contributed by atoms with van der Waals surface area (Å²) in [6.45, 7) is 4.26. The van der Waals surface area contributed by atoms with Crippen LogP contribution in [0.2, 0.25) is 0 Å². The molecule has 4 heteroatoms. The lowest BCUT2D eigenvalue weighted by atomic mass is 9.98. The van der Waals surface area contributed by atoms with E-state index in [0.717, 1.165) is 6.42 Å². The molecule has 1 amide bonds. The fraction of sp³-hybridized carbons (Fsp3) is 0.889. The Hall–Kier alpha value is -0.770. The third-order valence-corrected chi connectivity index (χ3v) is 2.15. The highest BCUT2D eigenvalue weighted by Gasteiger charge is 2.33. The van der Waals surface area contributed by atoms with Crippen molar-refractivity contribution in [1.29, 1.82) is 0 Å². The van der Waals surface area contributed by atoms with Gasteiger partial charge in [-0.05, 0) is 12.3 Å². The lowest BCUT2D eigenvalue weighted by molar-refractivity contribution is 0.107. The van der Waals surface area contributed by atoms with Crippen LogP contribution >= 0.6 is 0 Å². The van der Waals surface area contributed by atoms with Gasteiger partial charge in [-0.25, -0.2) is 4.79 Å². The van der Waals surface area contributed by atoms with E-state index in [1.165, 1.54) is 0 Å². The summed E-state index contributed by atoms with van der Waals surface area (Å²) in [4.78, 5) is 10.9.